The first-order valence-electron chi connectivity index (χ1n) is 9.04. The summed E-state index contributed by atoms with van der Waals surface area (Å²) in [6, 6.07) is 10.4. The predicted molar refractivity (Wildman–Crippen MR) is 108 cm³/mol. The highest BCUT2D eigenvalue weighted by atomic mass is 32.2. The molecule has 146 valence electrons. The molecular formula is C19H25N3O3S2. The Morgan fingerprint density at radius 2 is 1.81 bits per heavy atom. The number of piperazine rings is 1. The number of carbonyl (C=O) groups is 1. The van der Waals surface area contributed by atoms with Crippen molar-refractivity contribution < 1.29 is 13.2 Å². The van der Waals surface area contributed by atoms with Crippen molar-refractivity contribution in [3.05, 3.63) is 51.7 Å². The van der Waals surface area contributed by atoms with E-state index in [4.69, 9.17) is 0 Å². The largest absolute Gasteiger partial charge is 0.347 e. The highest BCUT2D eigenvalue weighted by Gasteiger charge is 2.27. The number of rotatable bonds is 6. The van der Waals surface area contributed by atoms with Crippen molar-refractivity contribution in [1.82, 2.24) is 14.5 Å². The Hall–Kier alpha value is -1.74. The average molecular weight is 408 g/mol. The van der Waals surface area contributed by atoms with Gasteiger partial charge < -0.3 is 10.2 Å². The summed E-state index contributed by atoms with van der Waals surface area (Å²) in [6.07, 6.45) is 0.977. The molecule has 1 N–H and O–H groups in total. The lowest BCUT2D eigenvalue weighted by Gasteiger charge is -2.31. The summed E-state index contributed by atoms with van der Waals surface area (Å²) in [5.41, 5.74) is 0.359. The first-order valence-corrected chi connectivity index (χ1v) is 11.3. The van der Waals surface area contributed by atoms with Gasteiger partial charge in [0.1, 0.15) is 0 Å². The number of hydrogen-bond acceptors (Lipinski definition) is 5. The van der Waals surface area contributed by atoms with Crippen molar-refractivity contribution in [2.75, 3.05) is 33.2 Å². The van der Waals surface area contributed by atoms with Crippen LogP contribution >= 0.6 is 11.3 Å². The van der Waals surface area contributed by atoms with Gasteiger partial charge in [0, 0.05) is 41.5 Å². The van der Waals surface area contributed by atoms with Crippen molar-refractivity contribution in [2.24, 2.45) is 0 Å². The van der Waals surface area contributed by atoms with E-state index >= 15 is 0 Å². The quantitative estimate of drug-likeness (QED) is 0.797. The fourth-order valence-electron chi connectivity index (χ4n) is 2.95. The molecule has 1 aliphatic rings. The Morgan fingerprint density at radius 3 is 2.48 bits per heavy atom. The molecule has 1 saturated heterocycles. The summed E-state index contributed by atoms with van der Waals surface area (Å²) < 4.78 is 27.2. The molecule has 2 aromatic rings. The number of sulfonamides is 1. The van der Waals surface area contributed by atoms with Crippen LogP contribution in [0.15, 0.2) is 41.3 Å². The van der Waals surface area contributed by atoms with Crippen LogP contribution in [0.4, 0.5) is 0 Å². The molecule has 8 heteroatoms. The Balaban J connectivity index is 1.69. The molecule has 0 radical (unpaired) electrons. The van der Waals surface area contributed by atoms with Crippen LogP contribution in [-0.2, 0) is 23.0 Å². The Labute approximate surface area is 164 Å². The first kappa shape index (κ1) is 20.0. The maximum absolute atomic E-state index is 12.9. The predicted octanol–water partition coefficient (Wildman–Crippen LogP) is 2.18. The van der Waals surface area contributed by atoms with Crippen LogP contribution < -0.4 is 5.32 Å². The molecule has 0 saturated carbocycles. The van der Waals surface area contributed by atoms with Gasteiger partial charge in [0.25, 0.3) is 5.91 Å². The Kier molecular flexibility index (Phi) is 6.31. The highest BCUT2D eigenvalue weighted by Crippen LogP contribution is 2.19. The second kappa shape index (κ2) is 8.52. The van der Waals surface area contributed by atoms with Gasteiger partial charge in [0.2, 0.25) is 10.0 Å². The normalized spacial score (nSPS) is 16.4. The van der Waals surface area contributed by atoms with Gasteiger partial charge in [-0.05, 0) is 43.8 Å². The van der Waals surface area contributed by atoms with Gasteiger partial charge in [-0.2, -0.15) is 4.31 Å². The molecule has 0 bridgehead atoms. The number of hydrogen-bond donors (Lipinski definition) is 1. The molecule has 0 atom stereocenters. The molecule has 1 aliphatic heterocycles. The van der Waals surface area contributed by atoms with Gasteiger partial charge >= 0.3 is 0 Å². The molecule has 2 heterocycles. The smallest absolute Gasteiger partial charge is 0.251 e. The van der Waals surface area contributed by atoms with Crippen molar-refractivity contribution in [2.45, 2.75) is 24.8 Å². The Bertz CT molecular complexity index is 900. The highest BCUT2D eigenvalue weighted by molar-refractivity contribution is 7.89. The Morgan fingerprint density at radius 1 is 1.11 bits per heavy atom. The number of carbonyl (C=O) groups excluding carboxylic acids is 1. The van der Waals surface area contributed by atoms with Crippen molar-refractivity contribution in [1.29, 1.82) is 0 Å². The average Bonchev–Trinajstić information content (AvgIpc) is 3.14. The van der Waals surface area contributed by atoms with Gasteiger partial charge in [-0.1, -0.05) is 13.0 Å². The molecular weight excluding hydrogens is 382 g/mol. The van der Waals surface area contributed by atoms with Crippen molar-refractivity contribution in [3.63, 3.8) is 0 Å². The zero-order valence-corrected chi connectivity index (χ0v) is 17.3. The molecule has 0 aliphatic carbocycles. The lowest BCUT2D eigenvalue weighted by molar-refractivity contribution is 0.0951. The van der Waals surface area contributed by atoms with Gasteiger partial charge in [-0.15, -0.1) is 11.3 Å². The number of likely N-dealkylation sites (N-methyl/N-ethyl adjacent to an activating group) is 1. The van der Waals surface area contributed by atoms with E-state index in [0.29, 0.717) is 38.3 Å². The third kappa shape index (κ3) is 4.76. The summed E-state index contributed by atoms with van der Waals surface area (Å²) in [5, 5.41) is 2.87. The van der Waals surface area contributed by atoms with Crippen LogP contribution in [0.5, 0.6) is 0 Å². The minimum atomic E-state index is -3.58. The minimum absolute atomic E-state index is 0.170. The van der Waals surface area contributed by atoms with Gasteiger partial charge in [0.15, 0.2) is 0 Å². The van der Waals surface area contributed by atoms with E-state index in [-0.39, 0.29) is 10.8 Å². The van der Waals surface area contributed by atoms with E-state index in [1.54, 1.807) is 29.5 Å². The molecule has 3 rings (SSSR count). The van der Waals surface area contributed by atoms with E-state index in [0.717, 1.165) is 11.3 Å². The standard InChI is InChI=1S/C19H25N3O3S2/c1-3-16-7-8-17(26-16)14-20-19(23)15-5-4-6-18(13-15)27(24,25)22-11-9-21(2)10-12-22/h4-8,13H,3,9-12,14H2,1-2H3,(H,20,23). The summed E-state index contributed by atoms with van der Waals surface area (Å²) in [7, 11) is -1.60. The zero-order valence-electron chi connectivity index (χ0n) is 15.6. The topological polar surface area (TPSA) is 69.7 Å². The summed E-state index contributed by atoms with van der Waals surface area (Å²) in [6.45, 7) is 4.89. The number of aryl methyl sites for hydroxylation is 1. The van der Waals surface area contributed by atoms with E-state index in [9.17, 15) is 13.2 Å². The summed E-state index contributed by atoms with van der Waals surface area (Å²) in [4.78, 5) is 17.1. The minimum Gasteiger partial charge on any atom is -0.347 e. The molecule has 1 aromatic carbocycles. The van der Waals surface area contributed by atoms with E-state index in [2.05, 4.69) is 23.2 Å². The number of thiophene rings is 1. The monoisotopic (exact) mass is 407 g/mol. The van der Waals surface area contributed by atoms with Gasteiger partial charge in [-0.3, -0.25) is 4.79 Å². The lowest BCUT2D eigenvalue weighted by Crippen LogP contribution is -2.47. The van der Waals surface area contributed by atoms with Crippen LogP contribution in [0.1, 0.15) is 27.0 Å². The fraction of sp³-hybridized carbons (Fsp3) is 0.421. The second-order valence-electron chi connectivity index (χ2n) is 6.64. The number of amides is 1. The molecule has 27 heavy (non-hydrogen) atoms. The first-order chi connectivity index (χ1) is 12.9. The fourth-order valence-corrected chi connectivity index (χ4v) is 5.32. The third-order valence-electron chi connectivity index (χ3n) is 4.69. The van der Waals surface area contributed by atoms with Crippen LogP contribution in [0.25, 0.3) is 0 Å². The second-order valence-corrected chi connectivity index (χ2v) is 9.83. The van der Waals surface area contributed by atoms with Crippen LogP contribution in [0.3, 0.4) is 0 Å². The lowest BCUT2D eigenvalue weighted by atomic mass is 10.2. The number of benzene rings is 1. The van der Waals surface area contributed by atoms with Crippen molar-refractivity contribution >= 4 is 27.3 Å². The SMILES string of the molecule is CCc1ccc(CNC(=O)c2cccc(S(=O)(=O)N3CCN(C)CC3)c2)s1. The molecule has 0 unspecified atom stereocenters. The van der Waals surface area contributed by atoms with E-state index in [1.165, 1.54) is 15.2 Å². The third-order valence-corrected chi connectivity index (χ3v) is 7.81. The molecule has 1 aromatic heterocycles. The molecule has 6 nitrogen and oxygen atoms in total. The maximum atomic E-state index is 12.9. The van der Waals surface area contributed by atoms with E-state index < -0.39 is 10.0 Å². The van der Waals surface area contributed by atoms with Crippen LogP contribution in [0.2, 0.25) is 0 Å². The number of nitrogens with one attached hydrogen (secondary N) is 1. The van der Waals surface area contributed by atoms with E-state index in [1.807, 2.05) is 13.1 Å². The summed E-state index contributed by atoms with van der Waals surface area (Å²) in [5.74, 6) is -0.267. The zero-order chi connectivity index (χ0) is 19.4. The van der Waals surface area contributed by atoms with Crippen LogP contribution in [-0.4, -0.2) is 56.8 Å². The van der Waals surface area contributed by atoms with Gasteiger partial charge in [-0.25, -0.2) is 8.42 Å². The summed E-state index contributed by atoms with van der Waals surface area (Å²) >= 11 is 1.68. The molecule has 1 fully saturated rings. The maximum Gasteiger partial charge on any atom is 0.251 e. The van der Waals surface area contributed by atoms with Crippen LogP contribution in [0, 0.1) is 0 Å². The van der Waals surface area contributed by atoms with Crippen molar-refractivity contribution in [3.8, 4) is 0 Å². The number of nitrogens with zero attached hydrogens (tertiary/aromatic N) is 2. The van der Waals surface area contributed by atoms with Gasteiger partial charge in [0.05, 0.1) is 11.4 Å². The molecule has 0 spiro atoms. The molecule has 1 amide bonds.